The van der Waals surface area contributed by atoms with Crippen LogP contribution < -0.4 is 59.1 Å². The van der Waals surface area contributed by atoms with Gasteiger partial charge in [0.1, 0.15) is 0 Å². The molecule has 15 heavy (non-hydrogen) atoms. The van der Waals surface area contributed by atoms with Crippen molar-refractivity contribution in [3.05, 3.63) is 35.4 Å². The molecule has 0 spiro atoms. The van der Waals surface area contributed by atoms with Crippen molar-refractivity contribution in [2.75, 3.05) is 6.61 Å². The molecule has 0 amide bonds. The van der Waals surface area contributed by atoms with E-state index in [1.165, 1.54) is 11.1 Å². The normalized spacial score (nSPS) is 6.13. The van der Waals surface area contributed by atoms with E-state index < -0.39 is 0 Å². The summed E-state index contributed by atoms with van der Waals surface area (Å²) in [5.41, 5.74) is 2.74. The van der Waals surface area contributed by atoms with Crippen LogP contribution >= 0.6 is 0 Å². The third-order valence-corrected chi connectivity index (χ3v) is 1.43. The predicted molar refractivity (Wildman–Crippen MR) is 59.7 cm³/mol. The maximum Gasteiger partial charge on any atom is 1.00 e. The van der Waals surface area contributed by atoms with Gasteiger partial charge < -0.3 is 24.1 Å². The standard InChI is InChI=1S/C8H10.C2H6O.2Na.H2O.S/c1-7-5-3-4-6-8(7)2;1-2-3;;;;/h3-6H,1-2H3;3H,2H2,1H3;;;1H2;/q;;2*+1;;-2. The third-order valence-electron chi connectivity index (χ3n) is 1.43. The Kier molecular flexibility index (Phi) is 41.7. The SMILES string of the molecule is CCO.Cc1ccccc1C.O.[Na+].[Na+].[S-2]. The van der Waals surface area contributed by atoms with E-state index in [-0.39, 0.29) is 84.7 Å². The molecule has 2 nitrogen and oxygen atoms in total. The van der Waals surface area contributed by atoms with Gasteiger partial charge in [0.25, 0.3) is 0 Å². The Morgan fingerprint density at radius 2 is 1.20 bits per heavy atom. The van der Waals surface area contributed by atoms with Crippen molar-refractivity contribution < 1.29 is 69.7 Å². The molecule has 5 heteroatoms. The van der Waals surface area contributed by atoms with Crippen molar-refractivity contribution in [2.45, 2.75) is 20.8 Å². The molecule has 78 valence electrons. The minimum atomic E-state index is 0. The van der Waals surface area contributed by atoms with Crippen LogP contribution in [0.15, 0.2) is 24.3 Å². The van der Waals surface area contributed by atoms with Crippen molar-refractivity contribution >= 4 is 13.5 Å². The fourth-order valence-corrected chi connectivity index (χ4v) is 0.663. The van der Waals surface area contributed by atoms with Crippen LogP contribution in [0.4, 0.5) is 0 Å². The Morgan fingerprint density at radius 1 is 1.00 bits per heavy atom. The molecule has 0 aliphatic carbocycles. The van der Waals surface area contributed by atoms with Crippen LogP contribution in [-0.2, 0) is 13.5 Å². The molecule has 0 aliphatic rings. The van der Waals surface area contributed by atoms with E-state index in [4.69, 9.17) is 5.11 Å². The monoisotopic (exact) mass is 248 g/mol. The first-order valence-corrected chi connectivity index (χ1v) is 3.85. The Hall–Kier alpha value is 1.49. The average Bonchev–Trinajstić information content (AvgIpc) is 1.97. The summed E-state index contributed by atoms with van der Waals surface area (Å²) in [5, 5.41) is 7.57. The van der Waals surface area contributed by atoms with Crippen molar-refractivity contribution in [3.8, 4) is 0 Å². The van der Waals surface area contributed by atoms with Crippen molar-refractivity contribution in [1.29, 1.82) is 0 Å². The van der Waals surface area contributed by atoms with E-state index in [1.807, 2.05) is 0 Å². The second-order valence-corrected chi connectivity index (χ2v) is 2.40. The number of aliphatic hydroxyl groups excluding tert-OH is 1. The summed E-state index contributed by atoms with van der Waals surface area (Å²) in [6, 6.07) is 8.36. The molecule has 0 bridgehead atoms. The van der Waals surface area contributed by atoms with Crippen LogP contribution in [0.5, 0.6) is 0 Å². The third kappa shape index (κ3) is 18.1. The summed E-state index contributed by atoms with van der Waals surface area (Å²) in [5.74, 6) is 0. The quantitative estimate of drug-likeness (QED) is 0.462. The molecule has 3 N–H and O–H groups in total. The summed E-state index contributed by atoms with van der Waals surface area (Å²) >= 11 is 0. The molecular weight excluding hydrogens is 230 g/mol. The summed E-state index contributed by atoms with van der Waals surface area (Å²) in [7, 11) is 0. The average molecular weight is 248 g/mol. The molecule has 0 atom stereocenters. The molecule has 1 rings (SSSR count). The summed E-state index contributed by atoms with van der Waals surface area (Å²) < 4.78 is 0. The van der Waals surface area contributed by atoms with Gasteiger partial charge in [-0.1, -0.05) is 24.3 Å². The maximum absolute atomic E-state index is 7.57. The molecule has 0 aliphatic heterocycles. The number of benzene rings is 1. The van der Waals surface area contributed by atoms with Crippen LogP contribution in [-0.4, -0.2) is 17.2 Å². The fraction of sp³-hybridized carbons (Fsp3) is 0.400. The number of rotatable bonds is 0. The van der Waals surface area contributed by atoms with Crippen LogP contribution in [0, 0.1) is 13.8 Å². The van der Waals surface area contributed by atoms with Crippen LogP contribution in [0.2, 0.25) is 0 Å². The fourth-order valence-electron chi connectivity index (χ4n) is 0.663. The summed E-state index contributed by atoms with van der Waals surface area (Å²) in [6.07, 6.45) is 0. The number of aliphatic hydroxyl groups is 1. The maximum atomic E-state index is 7.57. The predicted octanol–water partition coefficient (Wildman–Crippen LogP) is -4.52. The zero-order valence-electron chi connectivity index (χ0n) is 10.4. The van der Waals surface area contributed by atoms with Gasteiger partial charge in [0.15, 0.2) is 0 Å². The number of hydrogen-bond donors (Lipinski definition) is 1. The van der Waals surface area contributed by atoms with E-state index in [9.17, 15) is 0 Å². The van der Waals surface area contributed by atoms with E-state index >= 15 is 0 Å². The van der Waals surface area contributed by atoms with Gasteiger partial charge in [0.05, 0.1) is 0 Å². The van der Waals surface area contributed by atoms with Crippen LogP contribution in [0.3, 0.4) is 0 Å². The van der Waals surface area contributed by atoms with Crippen molar-refractivity contribution in [1.82, 2.24) is 0 Å². The van der Waals surface area contributed by atoms with Gasteiger partial charge in [-0.3, -0.25) is 0 Å². The Labute approximate surface area is 144 Å². The van der Waals surface area contributed by atoms with Gasteiger partial charge in [-0.2, -0.15) is 0 Å². The van der Waals surface area contributed by atoms with E-state index in [1.54, 1.807) is 6.92 Å². The molecule has 0 saturated carbocycles. The molecule has 1 aromatic rings. The first kappa shape index (κ1) is 30.0. The topological polar surface area (TPSA) is 51.7 Å². The second-order valence-electron chi connectivity index (χ2n) is 2.40. The van der Waals surface area contributed by atoms with Crippen LogP contribution in [0.25, 0.3) is 0 Å². The Bertz CT molecular complexity index is 189. The minimum Gasteiger partial charge on any atom is -2.00 e. The summed E-state index contributed by atoms with van der Waals surface area (Å²) in [6.45, 7) is 6.17. The first-order valence-electron chi connectivity index (χ1n) is 3.85. The Balaban J connectivity index is -0.0000000437. The molecule has 0 aromatic heterocycles. The molecule has 0 heterocycles. The zero-order valence-corrected chi connectivity index (χ0v) is 15.2. The molecule has 1 aromatic carbocycles. The smallest absolute Gasteiger partial charge is 1.00 e. The van der Waals surface area contributed by atoms with Gasteiger partial charge in [0, 0.05) is 6.61 Å². The molecule has 0 fully saturated rings. The van der Waals surface area contributed by atoms with Gasteiger partial charge >= 0.3 is 59.1 Å². The van der Waals surface area contributed by atoms with Gasteiger partial charge in [-0.05, 0) is 31.9 Å². The van der Waals surface area contributed by atoms with E-state index in [0.29, 0.717) is 0 Å². The number of hydrogen-bond acceptors (Lipinski definition) is 1. The molecule has 0 radical (unpaired) electrons. The van der Waals surface area contributed by atoms with E-state index in [0.717, 1.165) is 0 Å². The first-order chi connectivity index (χ1) is 5.22. The van der Waals surface area contributed by atoms with Crippen molar-refractivity contribution in [2.24, 2.45) is 0 Å². The van der Waals surface area contributed by atoms with Crippen LogP contribution in [0.1, 0.15) is 18.1 Å². The molecular formula is C10H18Na2O2S. The van der Waals surface area contributed by atoms with E-state index in [2.05, 4.69) is 38.1 Å². The summed E-state index contributed by atoms with van der Waals surface area (Å²) in [4.78, 5) is 0. The van der Waals surface area contributed by atoms with Crippen molar-refractivity contribution in [3.63, 3.8) is 0 Å². The largest absolute Gasteiger partial charge is 2.00 e. The zero-order chi connectivity index (χ0) is 8.69. The Morgan fingerprint density at radius 3 is 1.33 bits per heavy atom. The van der Waals surface area contributed by atoms with Gasteiger partial charge in [0.2, 0.25) is 0 Å². The second kappa shape index (κ2) is 20.8. The van der Waals surface area contributed by atoms with Gasteiger partial charge in [-0.15, -0.1) is 0 Å². The molecule has 0 saturated heterocycles. The molecule has 0 unspecified atom stereocenters. The number of aryl methyl sites for hydroxylation is 2. The van der Waals surface area contributed by atoms with Gasteiger partial charge in [-0.25, -0.2) is 0 Å². The minimum absolute atomic E-state index is 0.